The lowest BCUT2D eigenvalue weighted by atomic mass is 10.3. The second-order valence-electron chi connectivity index (χ2n) is 1.26. The Kier molecular flexibility index (Phi) is 12.5. The molecule has 0 heterocycles. The Morgan fingerprint density at radius 1 is 1.57 bits per heavy atom. The Hall–Kier alpha value is -0.580. The molecule has 7 heavy (non-hydrogen) atoms. The van der Waals surface area contributed by atoms with Gasteiger partial charge in [0.15, 0.2) is 0 Å². The van der Waals surface area contributed by atoms with Gasteiger partial charge in [0.25, 0.3) is 0 Å². The van der Waals surface area contributed by atoms with Crippen molar-refractivity contribution in [2.45, 2.75) is 26.2 Å². The highest BCUT2D eigenvalue weighted by molar-refractivity contribution is 4.66. The van der Waals surface area contributed by atoms with Crippen molar-refractivity contribution in [2.24, 2.45) is 0 Å². The fourth-order valence-electron chi connectivity index (χ4n) is 0.256. The summed E-state index contributed by atoms with van der Waals surface area (Å²) in [5.41, 5.74) is 0. The first-order valence-corrected chi connectivity index (χ1v) is 2.28. The average Bonchev–Trinajstić information content (AvgIpc) is 1.61. The monoisotopic (exact) mass is 103 g/mol. The highest BCUT2D eigenvalue weighted by Gasteiger charge is 1.74. The van der Waals surface area contributed by atoms with E-state index >= 15 is 0 Å². The van der Waals surface area contributed by atoms with Gasteiger partial charge in [0.05, 0.1) is 6.07 Å². The molecular formula is C5H10FN. The molecule has 0 unspecified atom stereocenters. The molecule has 0 aliphatic heterocycles. The quantitative estimate of drug-likeness (QED) is 0.489. The maximum atomic E-state index is 7.95. The smallest absolute Gasteiger partial charge is 0.0621 e. The van der Waals surface area contributed by atoms with E-state index in [0.717, 1.165) is 19.3 Å². The number of rotatable bonds is 2. The van der Waals surface area contributed by atoms with Gasteiger partial charge in [-0.05, 0) is 6.42 Å². The number of hydrogen-bond donors (Lipinski definition) is 0. The maximum Gasteiger partial charge on any atom is 0.0621 e. The molecule has 0 aromatic heterocycles. The zero-order valence-electron chi connectivity index (χ0n) is 4.48. The summed E-state index contributed by atoms with van der Waals surface area (Å²) in [4.78, 5) is 0. The third-order valence-corrected chi connectivity index (χ3v) is 0.642. The van der Waals surface area contributed by atoms with Gasteiger partial charge in [-0.1, -0.05) is 13.3 Å². The molecule has 0 spiro atoms. The van der Waals surface area contributed by atoms with Gasteiger partial charge < -0.3 is 0 Å². The number of hydrogen-bond acceptors (Lipinski definition) is 1. The summed E-state index contributed by atoms with van der Waals surface area (Å²) in [5.74, 6) is 0. The number of unbranched alkanes of at least 4 members (excludes halogenated alkanes) is 2. The van der Waals surface area contributed by atoms with Gasteiger partial charge in [-0.3, -0.25) is 4.70 Å². The van der Waals surface area contributed by atoms with E-state index in [4.69, 9.17) is 5.26 Å². The molecule has 1 nitrogen and oxygen atoms in total. The van der Waals surface area contributed by atoms with Crippen LogP contribution in [0.15, 0.2) is 0 Å². The fourth-order valence-corrected chi connectivity index (χ4v) is 0.256. The van der Waals surface area contributed by atoms with Crippen molar-refractivity contribution in [1.82, 2.24) is 0 Å². The molecular weight excluding hydrogens is 93.1 g/mol. The Morgan fingerprint density at radius 2 is 2.14 bits per heavy atom. The van der Waals surface area contributed by atoms with Crippen LogP contribution in [0.2, 0.25) is 0 Å². The summed E-state index contributed by atoms with van der Waals surface area (Å²) in [6.07, 6.45) is 2.90. The molecule has 0 amide bonds. The lowest BCUT2D eigenvalue weighted by Gasteiger charge is -1.77. The van der Waals surface area contributed by atoms with Crippen molar-refractivity contribution in [3.05, 3.63) is 0 Å². The molecule has 0 atom stereocenters. The van der Waals surface area contributed by atoms with Crippen molar-refractivity contribution in [1.29, 1.82) is 5.26 Å². The van der Waals surface area contributed by atoms with Crippen LogP contribution >= 0.6 is 0 Å². The minimum absolute atomic E-state index is 0. The van der Waals surface area contributed by atoms with Crippen LogP contribution in [0.4, 0.5) is 4.70 Å². The Bertz CT molecular complexity index is 55.6. The van der Waals surface area contributed by atoms with Crippen LogP contribution in [-0.2, 0) is 0 Å². The summed E-state index contributed by atoms with van der Waals surface area (Å²) >= 11 is 0. The highest BCUT2D eigenvalue weighted by atomic mass is 19.0. The number of nitriles is 1. The summed E-state index contributed by atoms with van der Waals surface area (Å²) in [6, 6.07) is 2.07. The van der Waals surface area contributed by atoms with Gasteiger partial charge in [-0.25, -0.2) is 0 Å². The van der Waals surface area contributed by atoms with Gasteiger partial charge in [0, 0.05) is 6.42 Å². The largest absolute Gasteiger partial charge is 0.269 e. The predicted molar refractivity (Wildman–Crippen MR) is 27.6 cm³/mol. The van der Waals surface area contributed by atoms with Gasteiger partial charge in [-0.15, -0.1) is 0 Å². The zero-order valence-corrected chi connectivity index (χ0v) is 4.48. The standard InChI is InChI=1S/C5H9N.FH/c1-2-3-4-5-6;/h2-4H2,1H3;1H. The number of nitrogens with zero attached hydrogens (tertiary/aromatic N) is 1. The van der Waals surface area contributed by atoms with Crippen molar-refractivity contribution in [3.8, 4) is 6.07 Å². The third kappa shape index (κ3) is 10.8. The highest BCUT2D eigenvalue weighted by Crippen LogP contribution is 1.88. The molecule has 42 valence electrons. The second kappa shape index (κ2) is 9.05. The van der Waals surface area contributed by atoms with E-state index in [1.54, 1.807) is 0 Å². The zero-order chi connectivity index (χ0) is 4.83. The van der Waals surface area contributed by atoms with E-state index in [1.807, 2.05) is 0 Å². The van der Waals surface area contributed by atoms with Crippen LogP contribution in [-0.4, -0.2) is 0 Å². The van der Waals surface area contributed by atoms with Crippen LogP contribution in [0, 0.1) is 11.3 Å². The van der Waals surface area contributed by atoms with Gasteiger partial charge in [0.1, 0.15) is 0 Å². The lowest BCUT2D eigenvalue weighted by molar-refractivity contribution is 0.822. The Morgan fingerprint density at radius 3 is 2.29 bits per heavy atom. The summed E-state index contributed by atoms with van der Waals surface area (Å²) in [5, 5.41) is 7.95. The second-order valence-corrected chi connectivity index (χ2v) is 1.26. The minimum atomic E-state index is 0. The van der Waals surface area contributed by atoms with Crippen LogP contribution in [0.5, 0.6) is 0 Å². The molecule has 0 saturated heterocycles. The first-order chi connectivity index (χ1) is 2.91. The van der Waals surface area contributed by atoms with E-state index in [9.17, 15) is 0 Å². The van der Waals surface area contributed by atoms with Crippen molar-refractivity contribution in [2.75, 3.05) is 0 Å². The van der Waals surface area contributed by atoms with E-state index in [1.165, 1.54) is 0 Å². The summed E-state index contributed by atoms with van der Waals surface area (Å²) in [7, 11) is 0. The minimum Gasteiger partial charge on any atom is -0.269 e. The van der Waals surface area contributed by atoms with Crippen molar-refractivity contribution in [3.63, 3.8) is 0 Å². The van der Waals surface area contributed by atoms with E-state index in [0.29, 0.717) is 0 Å². The van der Waals surface area contributed by atoms with E-state index < -0.39 is 0 Å². The van der Waals surface area contributed by atoms with Crippen LogP contribution in [0.3, 0.4) is 0 Å². The first kappa shape index (κ1) is 9.65. The fraction of sp³-hybridized carbons (Fsp3) is 0.800. The summed E-state index contributed by atoms with van der Waals surface area (Å²) < 4.78 is 0. The molecule has 0 N–H and O–H groups in total. The molecule has 2 heteroatoms. The van der Waals surface area contributed by atoms with Gasteiger partial charge >= 0.3 is 0 Å². The molecule has 0 bridgehead atoms. The molecule has 0 radical (unpaired) electrons. The van der Waals surface area contributed by atoms with Gasteiger partial charge in [0.2, 0.25) is 0 Å². The lowest BCUT2D eigenvalue weighted by Crippen LogP contribution is -1.62. The van der Waals surface area contributed by atoms with Crippen LogP contribution < -0.4 is 0 Å². The third-order valence-electron chi connectivity index (χ3n) is 0.642. The van der Waals surface area contributed by atoms with Crippen molar-refractivity contribution < 1.29 is 4.70 Å². The van der Waals surface area contributed by atoms with Crippen LogP contribution in [0.25, 0.3) is 0 Å². The topological polar surface area (TPSA) is 23.8 Å². The van der Waals surface area contributed by atoms with Crippen molar-refractivity contribution >= 4 is 0 Å². The normalized spacial score (nSPS) is 6.29. The number of halogens is 1. The molecule has 0 aromatic rings. The predicted octanol–water partition coefficient (Wildman–Crippen LogP) is 1.85. The molecule has 0 aromatic carbocycles. The molecule has 0 rings (SSSR count). The van der Waals surface area contributed by atoms with E-state index in [-0.39, 0.29) is 4.70 Å². The molecule has 0 saturated carbocycles. The molecule has 0 aliphatic carbocycles. The maximum absolute atomic E-state index is 7.95. The summed E-state index contributed by atoms with van der Waals surface area (Å²) in [6.45, 7) is 2.08. The average molecular weight is 103 g/mol. The first-order valence-electron chi connectivity index (χ1n) is 2.28. The molecule has 0 aliphatic rings. The Labute approximate surface area is 43.3 Å². The Balaban J connectivity index is 0. The van der Waals surface area contributed by atoms with Crippen LogP contribution in [0.1, 0.15) is 26.2 Å². The van der Waals surface area contributed by atoms with Gasteiger partial charge in [-0.2, -0.15) is 5.26 Å². The SMILES string of the molecule is CCCCC#N.F. The van der Waals surface area contributed by atoms with E-state index in [2.05, 4.69) is 13.0 Å². The molecule has 0 fully saturated rings.